The predicted molar refractivity (Wildman–Crippen MR) is 128 cm³/mol. The summed E-state index contributed by atoms with van der Waals surface area (Å²) in [5, 5.41) is 26.6. The van der Waals surface area contributed by atoms with Crippen molar-refractivity contribution in [3.05, 3.63) is 42.2 Å². The summed E-state index contributed by atoms with van der Waals surface area (Å²) in [6.07, 6.45) is 0.762. The Labute approximate surface area is 197 Å². The Balaban J connectivity index is 0.000000588. The van der Waals surface area contributed by atoms with Crippen molar-refractivity contribution >= 4 is 16.6 Å². The molecule has 3 N–H and O–H groups in total. The molecule has 1 aliphatic rings. The minimum absolute atomic E-state index is 0.174. The number of alkyl halides is 3. The number of phenols is 1. The summed E-state index contributed by atoms with van der Waals surface area (Å²) in [7, 11) is 2.07. The van der Waals surface area contributed by atoms with E-state index in [1.165, 1.54) is 6.07 Å². The molecule has 1 fully saturated rings. The lowest BCUT2D eigenvalue weighted by atomic mass is 10.0. The number of hydrogen-bond acceptors (Lipinski definition) is 7. The number of anilines is 1. The van der Waals surface area contributed by atoms with Crippen LogP contribution in [0.25, 0.3) is 22.0 Å². The van der Waals surface area contributed by atoms with Crippen LogP contribution in [0.5, 0.6) is 5.75 Å². The molecule has 3 aromatic rings. The van der Waals surface area contributed by atoms with Crippen LogP contribution in [-0.4, -0.2) is 64.5 Å². The molecule has 1 aromatic carbocycles. The molecule has 0 radical (unpaired) electrons. The summed E-state index contributed by atoms with van der Waals surface area (Å²) >= 11 is 0. The zero-order chi connectivity index (χ0) is 24.7. The zero-order valence-electron chi connectivity index (χ0n) is 19.7. The number of piperidine rings is 1. The van der Waals surface area contributed by atoms with E-state index in [0.29, 0.717) is 17.3 Å². The number of pyridine rings is 1. The number of rotatable bonds is 5. The molecule has 4 rings (SSSR count). The van der Waals surface area contributed by atoms with Gasteiger partial charge in [0, 0.05) is 41.3 Å². The van der Waals surface area contributed by atoms with Crippen LogP contribution in [0.15, 0.2) is 36.7 Å². The first-order valence-electron chi connectivity index (χ1n) is 11.4. The van der Waals surface area contributed by atoms with Gasteiger partial charge in [-0.3, -0.25) is 4.98 Å². The summed E-state index contributed by atoms with van der Waals surface area (Å²) < 4.78 is 38.7. The average molecular weight is 477 g/mol. The number of aromatic hydroxyl groups is 1. The maximum atomic E-state index is 12.9. The van der Waals surface area contributed by atoms with Gasteiger partial charge in [-0.05, 0) is 63.8 Å². The van der Waals surface area contributed by atoms with E-state index in [1.54, 1.807) is 18.5 Å². The second kappa shape index (κ2) is 11.4. The van der Waals surface area contributed by atoms with E-state index >= 15 is 0 Å². The van der Waals surface area contributed by atoms with Gasteiger partial charge in [0.25, 0.3) is 0 Å². The summed E-state index contributed by atoms with van der Waals surface area (Å²) in [5.41, 5.74) is -0.466. The second-order valence-electron chi connectivity index (χ2n) is 8.25. The number of nitrogens with zero attached hydrogens (tertiary/aromatic N) is 4. The van der Waals surface area contributed by atoms with Crippen LogP contribution in [-0.2, 0) is 6.18 Å². The van der Waals surface area contributed by atoms with Crippen molar-refractivity contribution < 1.29 is 18.3 Å². The lowest BCUT2D eigenvalue weighted by Crippen LogP contribution is -2.40. The van der Waals surface area contributed by atoms with Gasteiger partial charge in [0.2, 0.25) is 0 Å². The summed E-state index contributed by atoms with van der Waals surface area (Å²) in [5.74, 6) is 0.0896. The molecule has 1 atom stereocenters. The van der Waals surface area contributed by atoms with Crippen molar-refractivity contribution in [2.45, 2.75) is 38.9 Å². The highest BCUT2D eigenvalue weighted by Crippen LogP contribution is 2.38. The molecule has 10 heteroatoms. The highest BCUT2D eigenvalue weighted by Gasteiger charge is 2.31. The standard InChI is InChI=1S/C20H20F3N5O.C4H11N/c1-28-8-2-3-13(11-28)25-19-14-6-7-24-10-16(14)18(26-27-19)15-5-4-12(9-17(15)29)20(21,22)23;1-3-5-4-2/h4-7,9-10,13,29H,2-3,8,11H2,1H3,(H,25,27);5H,3-4H2,1-2H3/t13-;/m1./s1. The van der Waals surface area contributed by atoms with E-state index in [0.717, 1.165) is 50.5 Å². The first-order valence-corrected chi connectivity index (χ1v) is 11.4. The normalized spacial score (nSPS) is 16.7. The van der Waals surface area contributed by atoms with Gasteiger partial charge in [0.15, 0.2) is 5.82 Å². The molecule has 34 heavy (non-hydrogen) atoms. The summed E-state index contributed by atoms with van der Waals surface area (Å²) in [4.78, 5) is 6.36. The average Bonchev–Trinajstić information content (AvgIpc) is 2.80. The fourth-order valence-electron chi connectivity index (χ4n) is 3.94. The zero-order valence-corrected chi connectivity index (χ0v) is 19.7. The van der Waals surface area contributed by atoms with E-state index in [-0.39, 0.29) is 17.3 Å². The van der Waals surface area contributed by atoms with Crippen LogP contribution >= 0.6 is 0 Å². The van der Waals surface area contributed by atoms with Crippen molar-refractivity contribution in [3.8, 4) is 17.0 Å². The minimum atomic E-state index is -4.54. The number of phenolic OH excluding ortho intramolecular Hbond substituents is 1. The molecule has 0 unspecified atom stereocenters. The monoisotopic (exact) mass is 476 g/mol. The molecule has 184 valence electrons. The SMILES string of the molecule is CCNCC.CN1CCC[C@@H](Nc2nnc(-c3ccc(C(F)(F)F)cc3O)c3cnccc23)C1. The van der Waals surface area contributed by atoms with Crippen LogP contribution < -0.4 is 10.6 Å². The smallest absolute Gasteiger partial charge is 0.416 e. The van der Waals surface area contributed by atoms with Gasteiger partial charge in [-0.15, -0.1) is 10.2 Å². The number of likely N-dealkylation sites (tertiary alicyclic amines) is 1. The molecule has 1 aliphatic heterocycles. The van der Waals surface area contributed by atoms with Gasteiger partial charge >= 0.3 is 6.18 Å². The second-order valence-corrected chi connectivity index (χ2v) is 8.25. The number of benzene rings is 1. The Morgan fingerprint density at radius 3 is 2.50 bits per heavy atom. The number of nitrogens with one attached hydrogen (secondary N) is 2. The minimum Gasteiger partial charge on any atom is -0.507 e. The van der Waals surface area contributed by atoms with Crippen LogP contribution in [0.2, 0.25) is 0 Å². The highest BCUT2D eigenvalue weighted by molar-refractivity contribution is 6.00. The quantitative estimate of drug-likeness (QED) is 0.499. The molecule has 0 amide bonds. The lowest BCUT2D eigenvalue weighted by molar-refractivity contribution is -0.137. The lowest BCUT2D eigenvalue weighted by Gasteiger charge is -2.30. The number of likely N-dealkylation sites (N-methyl/N-ethyl adjacent to an activating group) is 1. The molecule has 0 spiro atoms. The van der Waals surface area contributed by atoms with Gasteiger partial charge in [0.1, 0.15) is 11.4 Å². The maximum Gasteiger partial charge on any atom is 0.416 e. The summed E-state index contributed by atoms with van der Waals surface area (Å²) in [6, 6.07) is 4.83. The molecule has 2 aromatic heterocycles. The number of halogens is 3. The van der Waals surface area contributed by atoms with Crippen molar-refractivity contribution in [3.63, 3.8) is 0 Å². The van der Waals surface area contributed by atoms with E-state index in [1.807, 2.05) is 0 Å². The van der Waals surface area contributed by atoms with Crippen molar-refractivity contribution in [2.24, 2.45) is 0 Å². The first-order chi connectivity index (χ1) is 16.2. The van der Waals surface area contributed by atoms with Gasteiger partial charge in [-0.1, -0.05) is 13.8 Å². The van der Waals surface area contributed by atoms with Gasteiger partial charge in [-0.25, -0.2) is 0 Å². The Morgan fingerprint density at radius 1 is 1.12 bits per heavy atom. The third-order valence-corrected chi connectivity index (χ3v) is 5.63. The third-order valence-electron chi connectivity index (χ3n) is 5.63. The molecule has 7 nitrogen and oxygen atoms in total. The van der Waals surface area contributed by atoms with Crippen LogP contribution in [0, 0.1) is 0 Å². The molecular weight excluding hydrogens is 445 g/mol. The highest BCUT2D eigenvalue weighted by atomic mass is 19.4. The topological polar surface area (TPSA) is 86.2 Å². The molecule has 1 saturated heterocycles. The van der Waals surface area contributed by atoms with Gasteiger partial charge < -0.3 is 20.6 Å². The predicted octanol–water partition coefficient (Wildman–Crippen LogP) is 4.54. The van der Waals surface area contributed by atoms with Gasteiger partial charge in [0.05, 0.1) is 5.56 Å². The summed E-state index contributed by atoms with van der Waals surface area (Å²) in [6.45, 7) is 8.33. The first kappa shape index (κ1) is 25.6. The molecule has 0 bridgehead atoms. The van der Waals surface area contributed by atoms with Crippen molar-refractivity contribution in [1.82, 2.24) is 25.4 Å². The molecular formula is C24H31F3N6O. The maximum absolute atomic E-state index is 12.9. The van der Waals surface area contributed by atoms with Gasteiger partial charge in [-0.2, -0.15) is 13.2 Å². The Kier molecular flexibility index (Phi) is 8.62. The number of fused-ring (bicyclic) bond motifs is 1. The van der Waals surface area contributed by atoms with Crippen LogP contribution in [0.1, 0.15) is 32.3 Å². The Hall–Kier alpha value is -2.98. The largest absolute Gasteiger partial charge is 0.507 e. The Morgan fingerprint density at radius 2 is 1.88 bits per heavy atom. The fourth-order valence-corrected chi connectivity index (χ4v) is 3.94. The molecule has 0 saturated carbocycles. The third kappa shape index (κ3) is 6.32. The van der Waals surface area contributed by atoms with E-state index in [2.05, 4.69) is 51.6 Å². The van der Waals surface area contributed by atoms with E-state index in [4.69, 9.17) is 0 Å². The molecule has 0 aliphatic carbocycles. The van der Waals surface area contributed by atoms with Crippen molar-refractivity contribution in [2.75, 3.05) is 38.5 Å². The Bertz CT molecular complexity index is 1090. The van der Waals surface area contributed by atoms with Crippen LogP contribution in [0.4, 0.5) is 19.0 Å². The van der Waals surface area contributed by atoms with Crippen molar-refractivity contribution in [1.29, 1.82) is 0 Å². The van der Waals surface area contributed by atoms with Crippen LogP contribution in [0.3, 0.4) is 0 Å². The number of aromatic nitrogens is 3. The van der Waals surface area contributed by atoms with E-state index in [9.17, 15) is 18.3 Å². The van der Waals surface area contributed by atoms with E-state index < -0.39 is 17.5 Å². The fraction of sp³-hybridized carbons (Fsp3) is 0.458. The molecule has 3 heterocycles. The number of hydrogen-bond donors (Lipinski definition) is 3.